The number of carbonyl (C=O) groups is 1. The highest BCUT2D eigenvalue weighted by atomic mass is 16.5. The maximum absolute atomic E-state index is 11.2. The lowest BCUT2D eigenvalue weighted by Crippen LogP contribution is -1.97. The largest absolute Gasteiger partial charge is 0.438 e. The third-order valence-corrected chi connectivity index (χ3v) is 2.53. The van der Waals surface area contributed by atoms with Crippen LogP contribution >= 0.6 is 0 Å². The summed E-state index contributed by atoms with van der Waals surface area (Å²) in [5.74, 6) is 0.972. The number of benzene rings is 1. The van der Waals surface area contributed by atoms with Gasteiger partial charge in [-0.05, 0) is 47.7 Å². The van der Waals surface area contributed by atoms with Crippen LogP contribution in [0, 0.1) is 0 Å². The summed E-state index contributed by atoms with van der Waals surface area (Å²) < 4.78 is 6.83. The van der Waals surface area contributed by atoms with Crippen LogP contribution in [0.3, 0.4) is 0 Å². The van der Waals surface area contributed by atoms with Crippen LogP contribution in [0.1, 0.15) is 17.3 Å². The fourth-order valence-electron chi connectivity index (χ4n) is 1.57. The molecule has 2 heterocycles. The van der Waals surface area contributed by atoms with E-state index >= 15 is 0 Å². The van der Waals surface area contributed by atoms with Crippen LogP contribution in [-0.4, -0.2) is 31.0 Å². The molecule has 0 aliphatic carbocycles. The first-order chi connectivity index (χ1) is 9.22. The molecule has 19 heavy (non-hydrogen) atoms. The Morgan fingerprint density at radius 3 is 2.68 bits per heavy atom. The van der Waals surface area contributed by atoms with Gasteiger partial charge < -0.3 is 4.74 Å². The van der Waals surface area contributed by atoms with E-state index in [4.69, 9.17) is 4.74 Å². The molecule has 0 unspecified atom stereocenters. The highest BCUT2D eigenvalue weighted by Crippen LogP contribution is 2.19. The van der Waals surface area contributed by atoms with Gasteiger partial charge in [0.1, 0.15) is 5.75 Å². The van der Waals surface area contributed by atoms with Crippen molar-refractivity contribution < 1.29 is 9.53 Å². The van der Waals surface area contributed by atoms with Gasteiger partial charge in [-0.3, -0.25) is 4.79 Å². The van der Waals surface area contributed by atoms with Gasteiger partial charge >= 0.3 is 0 Å². The quantitative estimate of drug-likeness (QED) is 0.660. The zero-order chi connectivity index (χ0) is 13.2. The normalized spacial score (nSPS) is 10.6. The lowest BCUT2D eigenvalue weighted by molar-refractivity contribution is 0.101. The summed E-state index contributed by atoms with van der Waals surface area (Å²) >= 11 is 0. The van der Waals surface area contributed by atoms with Crippen molar-refractivity contribution in [2.75, 3.05) is 0 Å². The van der Waals surface area contributed by atoms with Gasteiger partial charge in [-0.1, -0.05) is 0 Å². The van der Waals surface area contributed by atoms with E-state index in [-0.39, 0.29) is 5.78 Å². The van der Waals surface area contributed by atoms with E-state index in [0.29, 0.717) is 22.8 Å². The second kappa shape index (κ2) is 4.45. The summed E-state index contributed by atoms with van der Waals surface area (Å²) in [6.07, 6.45) is 0. The topological polar surface area (TPSA) is 82.3 Å². The van der Waals surface area contributed by atoms with E-state index in [1.807, 2.05) is 0 Å². The SMILES string of the molecule is CC(=O)c1ccc(Oc2ccc3nnnn3n2)cc1. The molecule has 7 heteroatoms. The van der Waals surface area contributed by atoms with E-state index in [0.717, 1.165) is 0 Å². The van der Waals surface area contributed by atoms with Crippen molar-refractivity contribution in [3.63, 3.8) is 0 Å². The van der Waals surface area contributed by atoms with Crippen LogP contribution in [0.5, 0.6) is 11.6 Å². The maximum Gasteiger partial charge on any atom is 0.239 e. The summed E-state index contributed by atoms with van der Waals surface area (Å²) in [7, 11) is 0. The van der Waals surface area contributed by atoms with Gasteiger partial charge in [0, 0.05) is 11.6 Å². The Balaban J connectivity index is 1.85. The predicted molar refractivity (Wildman–Crippen MR) is 65.1 cm³/mol. The summed E-state index contributed by atoms with van der Waals surface area (Å²) in [5.41, 5.74) is 1.18. The molecule has 94 valence electrons. The van der Waals surface area contributed by atoms with Crippen LogP contribution in [-0.2, 0) is 0 Å². The zero-order valence-electron chi connectivity index (χ0n) is 10.0. The van der Waals surface area contributed by atoms with Crippen LogP contribution in [0.4, 0.5) is 0 Å². The van der Waals surface area contributed by atoms with E-state index in [1.54, 1.807) is 36.4 Å². The second-order valence-corrected chi connectivity index (χ2v) is 3.88. The number of hydrogen-bond acceptors (Lipinski definition) is 6. The smallest absolute Gasteiger partial charge is 0.239 e. The Kier molecular flexibility index (Phi) is 2.64. The average molecular weight is 255 g/mol. The van der Waals surface area contributed by atoms with Gasteiger partial charge in [-0.25, -0.2) is 0 Å². The van der Waals surface area contributed by atoms with Crippen molar-refractivity contribution in [1.29, 1.82) is 0 Å². The Morgan fingerprint density at radius 2 is 1.95 bits per heavy atom. The van der Waals surface area contributed by atoms with Gasteiger partial charge in [0.2, 0.25) is 5.88 Å². The molecular formula is C12H9N5O2. The second-order valence-electron chi connectivity index (χ2n) is 3.88. The number of tetrazole rings is 1. The third-order valence-electron chi connectivity index (χ3n) is 2.53. The number of ketones is 1. The molecular weight excluding hydrogens is 246 g/mol. The van der Waals surface area contributed by atoms with Crippen LogP contribution < -0.4 is 4.74 Å². The molecule has 0 spiro atoms. The Hall–Kier alpha value is -2.83. The molecule has 3 rings (SSSR count). The minimum atomic E-state index is 0.0137. The number of Topliss-reactive ketones (excluding diaryl/α,β-unsaturated/α-hetero) is 1. The van der Waals surface area contributed by atoms with Crippen molar-refractivity contribution in [3.8, 4) is 11.6 Å². The molecule has 0 bridgehead atoms. The first-order valence-corrected chi connectivity index (χ1v) is 5.57. The number of rotatable bonds is 3. The number of carbonyl (C=O) groups excluding carboxylic acids is 1. The van der Waals surface area contributed by atoms with Crippen molar-refractivity contribution in [1.82, 2.24) is 25.3 Å². The molecule has 7 nitrogen and oxygen atoms in total. The molecule has 0 N–H and O–H groups in total. The van der Waals surface area contributed by atoms with Gasteiger partial charge in [-0.2, -0.15) is 0 Å². The molecule has 0 saturated carbocycles. The Bertz CT molecular complexity index is 735. The number of hydrogen-bond donors (Lipinski definition) is 0. The summed E-state index contributed by atoms with van der Waals surface area (Å²) in [4.78, 5) is 11.2. The average Bonchev–Trinajstić information content (AvgIpc) is 2.87. The standard InChI is InChI=1S/C12H9N5O2/c1-8(18)9-2-4-10(5-3-9)19-12-7-6-11-13-15-16-17(11)14-12/h2-7H,1H3. The first kappa shape index (κ1) is 11.3. The lowest BCUT2D eigenvalue weighted by Gasteiger charge is -2.04. The maximum atomic E-state index is 11.2. The zero-order valence-corrected chi connectivity index (χ0v) is 10.0. The van der Waals surface area contributed by atoms with E-state index < -0.39 is 0 Å². The summed E-state index contributed by atoms with van der Waals surface area (Å²) in [5, 5.41) is 15.0. The monoisotopic (exact) mass is 255 g/mol. The molecule has 0 fully saturated rings. The molecule has 1 aromatic carbocycles. The van der Waals surface area contributed by atoms with Crippen LogP contribution in [0.2, 0.25) is 0 Å². The number of nitrogens with zero attached hydrogens (tertiary/aromatic N) is 5. The van der Waals surface area contributed by atoms with E-state index in [9.17, 15) is 4.79 Å². The third kappa shape index (κ3) is 2.25. The first-order valence-electron chi connectivity index (χ1n) is 5.57. The molecule has 0 atom stereocenters. The fourth-order valence-corrected chi connectivity index (χ4v) is 1.57. The van der Waals surface area contributed by atoms with Gasteiger partial charge in [0.15, 0.2) is 11.4 Å². The molecule has 0 aliphatic heterocycles. The fraction of sp³-hybridized carbons (Fsp3) is 0.0833. The number of fused-ring (bicyclic) bond motifs is 1. The molecule has 0 amide bonds. The lowest BCUT2D eigenvalue weighted by atomic mass is 10.1. The molecule has 0 saturated heterocycles. The highest BCUT2D eigenvalue weighted by molar-refractivity contribution is 5.94. The molecule has 0 radical (unpaired) electrons. The predicted octanol–water partition coefficient (Wildman–Crippen LogP) is 1.51. The summed E-state index contributed by atoms with van der Waals surface area (Å²) in [6, 6.07) is 10.2. The van der Waals surface area contributed by atoms with Crippen LogP contribution in [0.25, 0.3) is 5.65 Å². The Morgan fingerprint density at radius 1 is 1.16 bits per heavy atom. The minimum absolute atomic E-state index is 0.0137. The van der Waals surface area contributed by atoms with E-state index in [2.05, 4.69) is 20.6 Å². The van der Waals surface area contributed by atoms with Crippen molar-refractivity contribution in [3.05, 3.63) is 42.0 Å². The number of ether oxygens (including phenoxy) is 1. The highest BCUT2D eigenvalue weighted by Gasteiger charge is 2.04. The van der Waals surface area contributed by atoms with Gasteiger partial charge in [-0.15, -0.1) is 14.8 Å². The van der Waals surface area contributed by atoms with Gasteiger partial charge in [0.25, 0.3) is 0 Å². The van der Waals surface area contributed by atoms with Crippen molar-refractivity contribution in [2.24, 2.45) is 0 Å². The molecule has 2 aromatic heterocycles. The summed E-state index contributed by atoms with van der Waals surface area (Å²) in [6.45, 7) is 1.52. The molecule has 0 aliphatic rings. The Labute approximate surface area is 107 Å². The van der Waals surface area contributed by atoms with Gasteiger partial charge in [0.05, 0.1) is 0 Å². The minimum Gasteiger partial charge on any atom is -0.438 e. The van der Waals surface area contributed by atoms with Crippen LogP contribution in [0.15, 0.2) is 36.4 Å². The molecule has 3 aromatic rings. The number of aromatic nitrogens is 5. The van der Waals surface area contributed by atoms with E-state index in [1.165, 1.54) is 11.6 Å². The van der Waals surface area contributed by atoms with Crippen molar-refractivity contribution >= 4 is 11.4 Å². The van der Waals surface area contributed by atoms with Crippen molar-refractivity contribution in [2.45, 2.75) is 6.92 Å².